The number of benzene rings is 1. The molecule has 2 rings (SSSR count). The zero-order valence-electron chi connectivity index (χ0n) is 13.1. The number of amidine groups is 1. The van der Waals surface area contributed by atoms with Crippen LogP contribution in [-0.4, -0.2) is 10.8 Å². The van der Waals surface area contributed by atoms with Crippen LogP contribution >= 0.6 is 0 Å². The van der Waals surface area contributed by atoms with Gasteiger partial charge in [0.1, 0.15) is 11.4 Å². The second kappa shape index (κ2) is 6.10. The van der Waals surface area contributed by atoms with E-state index < -0.39 is 5.54 Å². The first-order valence-electron chi connectivity index (χ1n) is 7.03. The Hall–Kier alpha value is -2.49. The lowest BCUT2D eigenvalue weighted by molar-refractivity contribution is 0.526. The van der Waals surface area contributed by atoms with Gasteiger partial charge in [-0.2, -0.15) is 0 Å². The van der Waals surface area contributed by atoms with E-state index in [1.807, 2.05) is 26.0 Å². The molecule has 0 saturated heterocycles. The van der Waals surface area contributed by atoms with Crippen molar-refractivity contribution in [2.24, 2.45) is 10.7 Å². The van der Waals surface area contributed by atoms with Gasteiger partial charge < -0.3 is 5.73 Å². The minimum absolute atomic E-state index is 0.326. The summed E-state index contributed by atoms with van der Waals surface area (Å²) in [6.07, 6.45) is 3.41. The Morgan fingerprint density at radius 1 is 1.18 bits per heavy atom. The summed E-state index contributed by atoms with van der Waals surface area (Å²) in [5.74, 6) is 0.0625. The van der Waals surface area contributed by atoms with E-state index >= 15 is 0 Å². The first-order valence-corrected chi connectivity index (χ1v) is 7.03. The SMILES string of the molecule is C=C(C)C(C)(N=C(C)N)c1cc(-c2ccncc2)ccc1F. The van der Waals surface area contributed by atoms with Gasteiger partial charge in [0.15, 0.2) is 0 Å². The highest BCUT2D eigenvalue weighted by Gasteiger charge is 2.30. The van der Waals surface area contributed by atoms with Gasteiger partial charge in [0.2, 0.25) is 0 Å². The van der Waals surface area contributed by atoms with Crippen molar-refractivity contribution in [3.63, 3.8) is 0 Å². The molecule has 114 valence electrons. The highest BCUT2D eigenvalue weighted by atomic mass is 19.1. The number of rotatable bonds is 4. The van der Waals surface area contributed by atoms with Gasteiger partial charge in [0.25, 0.3) is 0 Å². The van der Waals surface area contributed by atoms with E-state index in [0.29, 0.717) is 11.4 Å². The van der Waals surface area contributed by atoms with E-state index in [-0.39, 0.29) is 5.82 Å². The van der Waals surface area contributed by atoms with Crippen molar-refractivity contribution in [2.75, 3.05) is 0 Å². The van der Waals surface area contributed by atoms with Crippen LogP contribution in [0.5, 0.6) is 0 Å². The average molecular weight is 297 g/mol. The summed E-state index contributed by atoms with van der Waals surface area (Å²) in [5.41, 5.74) is 7.88. The lowest BCUT2D eigenvalue weighted by Crippen LogP contribution is -2.25. The van der Waals surface area contributed by atoms with Gasteiger partial charge in [0.05, 0.1) is 5.84 Å². The molecule has 0 saturated carbocycles. The van der Waals surface area contributed by atoms with Crippen LogP contribution in [0.15, 0.2) is 59.9 Å². The molecule has 0 spiro atoms. The van der Waals surface area contributed by atoms with Crippen LogP contribution in [0.3, 0.4) is 0 Å². The maximum absolute atomic E-state index is 14.4. The average Bonchev–Trinajstić information content (AvgIpc) is 2.47. The van der Waals surface area contributed by atoms with Crippen LogP contribution in [0, 0.1) is 5.82 Å². The molecule has 22 heavy (non-hydrogen) atoms. The second-order valence-electron chi connectivity index (χ2n) is 5.54. The Morgan fingerprint density at radius 3 is 2.36 bits per heavy atom. The predicted octanol–water partition coefficient (Wildman–Crippen LogP) is 4.06. The summed E-state index contributed by atoms with van der Waals surface area (Å²) in [7, 11) is 0. The first kappa shape index (κ1) is 15.9. The summed E-state index contributed by atoms with van der Waals surface area (Å²) in [6, 6.07) is 8.75. The number of hydrogen-bond acceptors (Lipinski definition) is 2. The molecule has 2 N–H and O–H groups in total. The van der Waals surface area contributed by atoms with Gasteiger partial charge >= 0.3 is 0 Å². The number of hydrogen-bond donors (Lipinski definition) is 1. The molecule has 1 aromatic carbocycles. The Labute approximate surface area is 130 Å². The number of nitrogens with two attached hydrogens (primary N) is 1. The van der Waals surface area contributed by atoms with Crippen molar-refractivity contribution in [3.05, 3.63) is 66.3 Å². The molecule has 1 aromatic heterocycles. The predicted molar refractivity (Wildman–Crippen MR) is 89.1 cm³/mol. The quantitative estimate of drug-likeness (QED) is 0.525. The maximum atomic E-state index is 14.4. The number of pyridine rings is 1. The molecule has 0 amide bonds. The molecule has 1 heterocycles. The minimum atomic E-state index is -0.897. The van der Waals surface area contributed by atoms with Gasteiger partial charge in [-0.05, 0) is 61.7 Å². The highest BCUT2D eigenvalue weighted by Crippen LogP contribution is 2.36. The van der Waals surface area contributed by atoms with Crippen LogP contribution < -0.4 is 5.73 Å². The monoisotopic (exact) mass is 297 g/mol. The van der Waals surface area contributed by atoms with Crippen molar-refractivity contribution in [3.8, 4) is 11.1 Å². The van der Waals surface area contributed by atoms with Gasteiger partial charge in [-0.1, -0.05) is 12.6 Å². The topological polar surface area (TPSA) is 51.3 Å². The van der Waals surface area contributed by atoms with E-state index in [1.165, 1.54) is 6.07 Å². The van der Waals surface area contributed by atoms with Crippen LogP contribution in [0.1, 0.15) is 26.3 Å². The molecule has 0 aliphatic heterocycles. The van der Waals surface area contributed by atoms with Gasteiger partial charge in [-0.3, -0.25) is 9.98 Å². The fraction of sp³-hybridized carbons (Fsp3) is 0.222. The lowest BCUT2D eigenvalue weighted by Gasteiger charge is -2.28. The Morgan fingerprint density at radius 2 is 1.82 bits per heavy atom. The third-order valence-corrected chi connectivity index (χ3v) is 3.74. The molecule has 0 bridgehead atoms. The molecule has 0 aliphatic carbocycles. The Bertz CT molecular complexity index is 718. The molecule has 1 unspecified atom stereocenters. The molecule has 0 radical (unpaired) electrons. The minimum Gasteiger partial charge on any atom is -0.388 e. The molecular weight excluding hydrogens is 277 g/mol. The third kappa shape index (κ3) is 3.06. The van der Waals surface area contributed by atoms with E-state index in [1.54, 1.807) is 31.5 Å². The van der Waals surface area contributed by atoms with Crippen LogP contribution in [0.2, 0.25) is 0 Å². The maximum Gasteiger partial charge on any atom is 0.129 e. The van der Waals surface area contributed by atoms with Gasteiger partial charge in [-0.15, -0.1) is 0 Å². The van der Waals surface area contributed by atoms with Crippen molar-refractivity contribution in [1.29, 1.82) is 0 Å². The van der Waals surface area contributed by atoms with Crippen molar-refractivity contribution in [1.82, 2.24) is 4.98 Å². The first-order chi connectivity index (χ1) is 10.3. The smallest absolute Gasteiger partial charge is 0.129 e. The van der Waals surface area contributed by atoms with Crippen LogP contribution in [-0.2, 0) is 5.54 Å². The molecule has 0 fully saturated rings. The standard InChI is InChI=1S/C18H20FN3/c1-12(2)18(4,22-13(3)20)16-11-15(5-6-17(16)19)14-7-9-21-10-8-14/h5-11H,1H2,2-4H3,(H2,20,22). The van der Waals surface area contributed by atoms with E-state index in [0.717, 1.165) is 16.7 Å². The highest BCUT2D eigenvalue weighted by molar-refractivity contribution is 5.78. The van der Waals surface area contributed by atoms with Gasteiger partial charge in [-0.25, -0.2) is 4.39 Å². The number of halogens is 1. The normalized spacial score (nSPS) is 14.5. The van der Waals surface area contributed by atoms with E-state index in [4.69, 9.17) is 5.73 Å². The number of nitrogens with zero attached hydrogens (tertiary/aromatic N) is 2. The summed E-state index contributed by atoms with van der Waals surface area (Å²) in [5, 5.41) is 0. The number of aliphatic imine (C=N–C) groups is 1. The summed E-state index contributed by atoms with van der Waals surface area (Å²) < 4.78 is 14.4. The third-order valence-electron chi connectivity index (χ3n) is 3.74. The lowest BCUT2D eigenvalue weighted by atomic mass is 9.84. The molecule has 1 atom stereocenters. The van der Waals surface area contributed by atoms with Gasteiger partial charge in [0, 0.05) is 18.0 Å². The van der Waals surface area contributed by atoms with Crippen LogP contribution in [0.4, 0.5) is 4.39 Å². The fourth-order valence-corrected chi connectivity index (χ4v) is 2.36. The van der Waals surface area contributed by atoms with E-state index in [9.17, 15) is 4.39 Å². The van der Waals surface area contributed by atoms with E-state index in [2.05, 4.69) is 16.6 Å². The molecule has 0 aliphatic rings. The summed E-state index contributed by atoms with van der Waals surface area (Å²) in [6.45, 7) is 9.29. The molecule has 2 aromatic rings. The van der Waals surface area contributed by atoms with Crippen LogP contribution in [0.25, 0.3) is 11.1 Å². The molecular formula is C18H20FN3. The van der Waals surface area contributed by atoms with Crippen molar-refractivity contribution in [2.45, 2.75) is 26.3 Å². The molecule has 4 heteroatoms. The Balaban J connectivity index is 2.64. The molecule has 3 nitrogen and oxygen atoms in total. The summed E-state index contributed by atoms with van der Waals surface area (Å²) in [4.78, 5) is 8.42. The largest absolute Gasteiger partial charge is 0.388 e. The van der Waals surface area contributed by atoms with Crippen molar-refractivity contribution < 1.29 is 4.39 Å². The summed E-state index contributed by atoms with van der Waals surface area (Å²) >= 11 is 0. The zero-order chi connectivity index (χ0) is 16.3. The Kier molecular flexibility index (Phi) is 4.40. The second-order valence-corrected chi connectivity index (χ2v) is 5.54. The van der Waals surface area contributed by atoms with Crippen molar-refractivity contribution >= 4 is 5.84 Å². The fourth-order valence-electron chi connectivity index (χ4n) is 2.36. The zero-order valence-corrected chi connectivity index (χ0v) is 13.1. The number of aromatic nitrogens is 1.